The molecule has 1 aromatic heterocycles. The molecule has 1 aliphatic heterocycles. The molecular formula is C12H15N3O4. The lowest BCUT2D eigenvalue weighted by Crippen LogP contribution is -2.40. The van der Waals surface area contributed by atoms with Crippen molar-refractivity contribution in [1.29, 1.82) is 0 Å². The van der Waals surface area contributed by atoms with E-state index < -0.39 is 30.2 Å². The summed E-state index contributed by atoms with van der Waals surface area (Å²) < 4.78 is 6.72. The van der Waals surface area contributed by atoms with Gasteiger partial charge in [0.1, 0.15) is 17.5 Å². The van der Waals surface area contributed by atoms with Gasteiger partial charge < -0.3 is 20.7 Å². The molecule has 0 radical (unpaired) electrons. The number of nitrogens with two attached hydrogens (primary N) is 1. The molecule has 0 bridgehead atoms. The average molecular weight is 265 g/mol. The Morgan fingerprint density at radius 3 is 2.95 bits per heavy atom. The zero-order chi connectivity index (χ0) is 14.2. The lowest BCUT2D eigenvalue weighted by molar-refractivity contribution is -0.116. The van der Waals surface area contributed by atoms with Gasteiger partial charge in [0.25, 0.3) is 0 Å². The number of rotatable bonds is 2. The van der Waals surface area contributed by atoms with Crippen LogP contribution in [0.3, 0.4) is 0 Å². The third-order valence-electron chi connectivity index (χ3n) is 3.14. The second kappa shape index (κ2) is 4.64. The highest BCUT2D eigenvalue weighted by molar-refractivity contribution is 5.26. The first-order valence-corrected chi connectivity index (χ1v) is 5.64. The number of hydrogen-bond acceptors (Lipinski definition) is 6. The van der Waals surface area contributed by atoms with E-state index >= 15 is 0 Å². The van der Waals surface area contributed by atoms with E-state index in [2.05, 4.69) is 17.3 Å². The first-order valence-electron chi connectivity index (χ1n) is 5.64. The zero-order valence-corrected chi connectivity index (χ0v) is 10.4. The maximum Gasteiger partial charge on any atom is 0.351 e. The maximum atomic E-state index is 11.8. The summed E-state index contributed by atoms with van der Waals surface area (Å²) in [7, 11) is 0. The normalized spacial score (nSPS) is 30.4. The molecule has 0 aliphatic carbocycles. The molecule has 2 heterocycles. The van der Waals surface area contributed by atoms with Crippen LogP contribution in [-0.2, 0) is 4.74 Å². The first kappa shape index (κ1) is 13.5. The Labute approximate surface area is 109 Å². The minimum atomic E-state index is -1.22. The maximum absolute atomic E-state index is 11.8. The Bertz CT molecular complexity index is 605. The minimum absolute atomic E-state index is 0.0915. The van der Waals surface area contributed by atoms with Crippen LogP contribution in [0.4, 0.5) is 5.82 Å². The van der Waals surface area contributed by atoms with Gasteiger partial charge in [-0.05, 0) is 13.0 Å². The van der Waals surface area contributed by atoms with Gasteiger partial charge in [0, 0.05) is 6.20 Å². The largest absolute Gasteiger partial charge is 0.393 e. The molecule has 0 unspecified atom stereocenters. The van der Waals surface area contributed by atoms with Crippen molar-refractivity contribution in [2.45, 2.75) is 24.9 Å². The van der Waals surface area contributed by atoms with E-state index in [4.69, 9.17) is 10.5 Å². The first-order chi connectivity index (χ1) is 8.92. The van der Waals surface area contributed by atoms with Gasteiger partial charge in [0.05, 0.1) is 12.2 Å². The van der Waals surface area contributed by atoms with Crippen molar-refractivity contribution in [2.75, 3.05) is 12.3 Å². The SMILES string of the molecule is C=C=C1[C@H](n2ccc(N)nc2=O)O[C@](C)(CO)[C@H]1O. The summed E-state index contributed by atoms with van der Waals surface area (Å²) in [4.78, 5) is 15.4. The Hall–Kier alpha value is -1.92. The molecule has 0 saturated carbocycles. The van der Waals surface area contributed by atoms with Crippen molar-refractivity contribution in [3.05, 3.63) is 40.6 Å². The van der Waals surface area contributed by atoms with Gasteiger partial charge in [0.15, 0.2) is 6.23 Å². The molecule has 1 aliphatic rings. The molecule has 0 spiro atoms. The molecule has 0 aromatic carbocycles. The van der Waals surface area contributed by atoms with Crippen LogP contribution in [-0.4, -0.2) is 38.1 Å². The van der Waals surface area contributed by atoms with Crippen LogP contribution < -0.4 is 11.4 Å². The Morgan fingerprint density at radius 2 is 2.42 bits per heavy atom. The summed E-state index contributed by atoms with van der Waals surface area (Å²) >= 11 is 0. The van der Waals surface area contributed by atoms with Crippen LogP contribution in [0.25, 0.3) is 0 Å². The number of ether oxygens (including phenoxy) is 1. The van der Waals surface area contributed by atoms with Crippen LogP contribution >= 0.6 is 0 Å². The predicted octanol–water partition coefficient (Wildman–Crippen LogP) is -0.823. The highest BCUT2D eigenvalue weighted by atomic mass is 16.6. The summed E-state index contributed by atoms with van der Waals surface area (Å²) in [6, 6.07) is 1.44. The number of aliphatic hydroxyl groups excluding tert-OH is 2. The third kappa shape index (κ3) is 2.09. The van der Waals surface area contributed by atoms with Crippen LogP contribution in [0.1, 0.15) is 13.2 Å². The molecule has 4 N–H and O–H groups in total. The Morgan fingerprint density at radius 1 is 1.74 bits per heavy atom. The Kier molecular flexibility index (Phi) is 3.30. The van der Waals surface area contributed by atoms with E-state index in [-0.39, 0.29) is 11.4 Å². The number of nitrogens with zero attached hydrogens (tertiary/aromatic N) is 2. The van der Waals surface area contributed by atoms with E-state index in [1.807, 2.05) is 0 Å². The summed E-state index contributed by atoms with van der Waals surface area (Å²) in [5.74, 6) is 0.0915. The van der Waals surface area contributed by atoms with E-state index in [0.717, 1.165) is 4.57 Å². The van der Waals surface area contributed by atoms with Crippen molar-refractivity contribution < 1.29 is 14.9 Å². The third-order valence-corrected chi connectivity index (χ3v) is 3.14. The minimum Gasteiger partial charge on any atom is -0.393 e. The van der Waals surface area contributed by atoms with E-state index in [1.54, 1.807) is 0 Å². The molecule has 102 valence electrons. The van der Waals surface area contributed by atoms with Crippen molar-refractivity contribution in [3.63, 3.8) is 0 Å². The van der Waals surface area contributed by atoms with Crippen molar-refractivity contribution >= 4 is 5.82 Å². The monoisotopic (exact) mass is 265 g/mol. The predicted molar refractivity (Wildman–Crippen MR) is 67.2 cm³/mol. The molecule has 7 nitrogen and oxygen atoms in total. The van der Waals surface area contributed by atoms with Crippen LogP contribution in [0.5, 0.6) is 0 Å². The highest BCUT2D eigenvalue weighted by Crippen LogP contribution is 2.39. The zero-order valence-electron chi connectivity index (χ0n) is 10.4. The van der Waals surface area contributed by atoms with Gasteiger partial charge in [-0.15, -0.1) is 5.73 Å². The van der Waals surface area contributed by atoms with Gasteiger partial charge >= 0.3 is 5.69 Å². The Balaban J connectivity index is 2.51. The van der Waals surface area contributed by atoms with Crippen LogP contribution in [0, 0.1) is 0 Å². The van der Waals surface area contributed by atoms with Gasteiger partial charge in [-0.3, -0.25) is 4.57 Å². The van der Waals surface area contributed by atoms with Gasteiger partial charge in [-0.2, -0.15) is 4.98 Å². The molecular weight excluding hydrogens is 250 g/mol. The van der Waals surface area contributed by atoms with E-state index in [0.29, 0.717) is 0 Å². The summed E-state index contributed by atoms with van der Waals surface area (Å²) in [5, 5.41) is 19.4. The number of nitrogen functional groups attached to an aromatic ring is 1. The molecule has 1 saturated heterocycles. The van der Waals surface area contributed by atoms with Crippen LogP contribution in [0.2, 0.25) is 0 Å². The quantitative estimate of drug-likeness (QED) is 0.602. The topological polar surface area (TPSA) is 111 Å². The van der Waals surface area contributed by atoms with Crippen molar-refractivity contribution in [1.82, 2.24) is 9.55 Å². The molecule has 19 heavy (non-hydrogen) atoms. The fourth-order valence-corrected chi connectivity index (χ4v) is 1.97. The highest BCUT2D eigenvalue weighted by Gasteiger charge is 2.48. The summed E-state index contributed by atoms with van der Waals surface area (Å²) in [6.07, 6.45) is -0.614. The number of aliphatic hydroxyl groups is 2. The standard InChI is InChI=1S/C12H15N3O4/c1-3-7-9(17)12(2,6-16)19-10(7)15-5-4-8(13)14-11(15)18/h4-5,9-10,16-17H,1,6H2,2H3,(H2,13,14,18)/t9-,10+,12+/m0/s1. The van der Waals surface area contributed by atoms with Gasteiger partial charge in [0.2, 0.25) is 0 Å². The fraction of sp³-hybridized carbons (Fsp3) is 0.417. The lowest BCUT2D eigenvalue weighted by Gasteiger charge is -2.24. The second-order valence-corrected chi connectivity index (χ2v) is 4.52. The summed E-state index contributed by atoms with van der Waals surface area (Å²) in [6.45, 7) is 4.59. The van der Waals surface area contributed by atoms with E-state index in [9.17, 15) is 15.0 Å². The molecule has 1 fully saturated rings. The average Bonchev–Trinajstić information content (AvgIpc) is 2.62. The number of aromatic nitrogens is 2. The van der Waals surface area contributed by atoms with E-state index in [1.165, 1.54) is 19.2 Å². The molecule has 2 rings (SSSR count). The number of hydrogen-bond donors (Lipinski definition) is 3. The van der Waals surface area contributed by atoms with Gasteiger partial charge in [-0.1, -0.05) is 6.58 Å². The summed E-state index contributed by atoms with van der Waals surface area (Å²) in [5.41, 5.74) is 6.40. The molecule has 3 atom stereocenters. The smallest absolute Gasteiger partial charge is 0.351 e. The van der Waals surface area contributed by atoms with Crippen molar-refractivity contribution in [2.24, 2.45) is 0 Å². The molecule has 0 amide bonds. The second-order valence-electron chi connectivity index (χ2n) is 4.52. The molecule has 7 heteroatoms. The van der Waals surface area contributed by atoms with Crippen LogP contribution in [0.15, 0.2) is 34.9 Å². The number of anilines is 1. The van der Waals surface area contributed by atoms with Crippen molar-refractivity contribution in [3.8, 4) is 0 Å². The molecule has 1 aromatic rings. The fourth-order valence-electron chi connectivity index (χ4n) is 1.97. The lowest BCUT2D eigenvalue weighted by atomic mass is 9.97. The van der Waals surface area contributed by atoms with Gasteiger partial charge in [-0.25, -0.2) is 4.79 Å².